The number of hydrogen-bond donors (Lipinski definition) is 0. The van der Waals surface area contributed by atoms with Crippen LogP contribution >= 0.6 is 0 Å². The van der Waals surface area contributed by atoms with Gasteiger partial charge in [-0.25, -0.2) is 0 Å². The summed E-state index contributed by atoms with van der Waals surface area (Å²) in [5, 5.41) is 0. The molecule has 0 saturated heterocycles. The Bertz CT molecular complexity index is 20.0. The zero-order chi connectivity index (χ0) is 3.41. The lowest BCUT2D eigenvalue weighted by molar-refractivity contribution is -0.106. The van der Waals surface area contributed by atoms with Gasteiger partial charge in [-0.05, 0) is 6.32 Å². The van der Waals surface area contributed by atoms with Gasteiger partial charge in [0.1, 0.15) is 14.1 Å². The van der Waals surface area contributed by atoms with Crippen LogP contribution in [0.1, 0.15) is 0 Å². The van der Waals surface area contributed by atoms with Gasteiger partial charge >= 0.3 is 0 Å². The maximum atomic E-state index is 9.17. The third kappa shape index (κ3) is 1.73. The molecule has 22 valence electrons. The summed E-state index contributed by atoms with van der Waals surface area (Å²) in [6.07, 6.45) is 1.51. The van der Waals surface area contributed by atoms with Crippen LogP contribution in [-0.2, 0) is 4.79 Å². The van der Waals surface area contributed by atoms with Crippen LogP contribution in [0.25, 0.3) is 0 Å². The Labute approximate surface area is 26.4 Å². The van der Waals surface area contributed by atoms with E-state index in [0.29, 0.717) is 6.32 Å². The maximum absolute atomic E-state index is 9.17. The summed E-state index contributed by atoms with van der Waals surface area (Å²) in [6.45, 7) is 0. The van der Waals surface area contributed by atoms with Crippen molar-refractivity contribution in [3.63, 3.8) is 0 Å². The Kier molecular flexibility index (Phi) is 2.55. The summed E-state index contributed by atoms with van der Waals surface area (Å²) in [7, 11) is 1.81. The highest BCUT2D eigenvalue weighted by Crippen LogP contribution is 1.46. The molecule has 0 aromatic rings. The molecule has 0 aromatic carbocycles. The number of carbonyl (C=O) groups excluding carboxylic acids is 1. The molecule has 0 N–H and O–H groups in total. The minimum atomic E-state index is 0.639. The topological polar surface area (TPSA) is 17.1 Å². The third-order valence-corrected chi connectivity index (χ3v) is 0.167. The van der Waals surface area contributed by atoms with E-state index in [9.17, 15) is 4.79 Å². The molecule has 0 aliphatic carbocycles. The second-order valence-electron chi connectivity index (χ2n) is 0.575. The summed E-state index contributed by atoms with van der Waals surface area (Å²) in [5.74, 6) is 0. The molecule has 4 heavy (non-hydrogen) atoms. The van der Waals surface area contributed by atoms with E-state index in [1.54, 1.807) is 0 Å². The Morgan fingerprint density at radius 3 is 2.25 bits per heavy atom. The molecule has 0 spiro atoms. The SMILES string of the molecule is B[11CH2]C=O. The number of hydrogen-bond acceptors (Lipinski definition) is 1. The Balaban J connectivity index is 2.30. The second-order valence-corrected chi connectivity index (χ2v) is 0.575. The van der Waals surface area contributed by atoms with Crippen molar-refractivity contribution in [3.05, 3.63) is 0 Å². The second kappa shape index (κ2) is 2.73. The fraction of sp³-hybridized carbons (Fsp3) is 0.500. The minimum Gasteiger partial charge on any atom is -0.304 e. The van der Waals surface area contributed by atoms with E-state index >= 15 is 0 Å². The Morgan fingerprint density at radius 2 is 2.25 bits per heavy atom. The van der Waals surface area contributed by atoms with Gasteiger partial charge in [-0.2, -0.15) is 0 Å². The standard InChI is InChI=1S/C2H5BO/c3-1-2-4/h2H,1,3H2/i1-1. The van der Waals surface area contributed by atoms with Gasteiger partial charge in [0.2, 0.25) is 0 Å². The number of rotatable bonds is 1. The molecule has 0 aliphatic rings. The minimum absolute atomic E-state index is 0.639. The van der Waals surface area contributed by atoms with E-state index in [0.717, 1.165) is 6.29 Å². The van der Waals surface area contributed by atoms with Gasteiger partial charge < -0.3 is 4.79 Å². The smallest absolute Gasteiger partial charge is 0.112 e. The zero-order valence-corrected chi connectivity index (χ0v) is 2.69. The van der Waals surface area contributed by atoms with Crippen LogP contribution in [0.5, 0.6) is 0 Å². The highest BCUT2D eigenvalue weighted by molar-refractivity contribution is 6.15. The summed E-state index contributed by atoms with van der Waals surface area (Å²) >= 11 is 0. The maximum Gasteiger partial charge on any atom is 0.112 e. The fourth-order valence-electron chi connectivity index (χ4n) is 0. The Hall–Kier alpha value is -0.265. The molecular formula is C2H5BO. The summed E-state index contributed by atoms with van der Waals surface area (Å²) in [6, 6.07) is 0. The predicted molar refractivity (Wildman–Crippen MR) is 19.4 cm³/mol. The van der Waals surface area contributed by atoms with Gasteiger partial charge in [-0.1, -0.05) is 0 Å². The summed E-state index contributed by atoms with van der Waals surface area (Å²) in [4.78, 5) is 9.17. The van der Waals surface area contributed by atoms with E-state index < -0.39 is 0 Å². The van der Waals surface area contributed by atoms with E-state index in [2.05, 4.69) is 0 Å². The van der Waals surface area contributed by atoms with Crippen molar-refractivity contribution in [1.82, 2.24) is 0 Å². The average Bonchev–Trinajstić information content (AvgIpc) is 1.37. The molecule has 0 aromatic heterocycles. The molecule has 0 heterocycles. The van der Waals surface area contributed by atoms with E-state index in [1.807, 2.05) is 7.85 Å². The molecular weight excluding hydrogens is 49.8 g/mol. The molecule has 0 atom stereocenters. The average molecular weight is 54.9 g/mol. The first-order valence-corrected chi connectivity index (χ1v) is 1.35. The summed E-state index contributed by atoms with van der Waals surface area (Å²) < 4.78 is 0. The van der Waals surface area contributed by atoms with Gasteiger partial charge in [-0.3, -0.25) is 0 Å². The molecule has 0 rings (SSSR count). The number of aldehydes is 1. The lowest BCUT2D eigenvalue weighted by Gasteiger charge is -1.49. The normalized spacial score (nSPS) is 6.00. The van der Waals surface area contributed by atoms with Crippen molar-refractivity contribution < 1.29 is 4.79 Å². The van der Waals surface area contributed by atoms with E-state index in [-0.39, 0.29) is 0 Å². The van der Waals surface area contributed by atoms with Gasteiger partial charge in [0.15, 0.2) is 0 Å². The van der Waals surface area contributed by atoms with Crippen molar-refractivity contribution in [2.75, 3.05) is 0 Å². The highest BCUT2D eigenvalue weighted by Gasteiger charge is 1.54. The number of carbonyl (C=O) groups is 1. The zero-order valence-electron chi connectivity index (χ0n) is 2.69. The molecule has 0 saturated carbocycles. The van der Waals surface area contributed by atoms with Crippen molar-refractivity contribution in [1.29, 1.82) is 0 Å². The lowest BCUT2D eigenvalue weighted by atomic mass is 9.68. The van der Waals surface area contributed by atoms with Crippen LogP contribution in [0.2, 0.25) is 6.32 Å². The predicted octanol–water partition coefficient (Wildman–Crippen LogP) is -0.763. The van der Waals surface area contributed by atoms with E-state index in [1.165, 1.54) is 0 Å². The molecule has 1 nitrogen and oxygen atoms in total. The first-order valence-electron chi connectivity index (χ1n) is 1.35. The van der Waals surface area contributed by atoms with Crippen LogP contribution < -0.4 is 0 Å². The van der Waals surface area contributed by atoms with Crippen LogP contribution in [0.15, 0.2) is 0 Å². The Morgan fingerprint density at radius 1 is 2.00 bits per heavy atom. The molecule has 0 unspecified atom stereocenters. The van der Waals surface area contributed by atoms with Gasteiger partial charge in [-0.15, -0.1) is 0 Å². The first kappa shape index (κ1) is 3.73. The largest absolute Gasteiger partial charge is 0.304 e. The molecule has 2 heteroatoms. The van der Waals surface area contributed by atoms with Crippen LogP contribution in [0, 0.1) is 0 Å². The van der Waals surface area contributed by atoms with Gasteiger partial charge in [0, 0.05) is 0 Å². The van der Waals surface area contributed by atoms with Crippen molar-refractivity contribution in [2.24, 2.45) is 0 Å². The monoisotopic (exact) mass is 55.1 g/mol. The lowest BCUT2D eigenvalue weighted by Crippen LogP contribution is -1.61. The molecule has 0 radical (unpaired) electrons. The first-order chi connectivity index (χ1) is 1.91. The highest BCUT2D eigenvalue weighted by atomic mass is 16.1. The quantitative estimate of drug-likeness (QED) is 0.284. The molecule has 0 amide bonds. The van der Waals surface area contributed by atoms with Crippen molar-refractivity contribution in [3.8, 4) is 0 Å². The van der Waals surface area contributed by atoms with Gasteiger partial charge in [0.05, 0.1) is 0 Å². The van der Waals surface area contributed by atoms with Gasteiger partial charge in [0.25, 0.3) is 0 Å². The van der Waals surface area contributed by atoms with Crippen molar-refractivity contribution >= 4 is 14.1 Å². The summed E-state index contributed by atoms with van der Waals surface area (Å²) in [5.41, 5.74) is 0. The molecule has 0 bridgehead atoms. The molecule has 0 aliphatic heterocycles. The van der Waals surface area contributed by atoms with Crippen LogP contribution in [0.3, 0.4) is 0 Å². The van der Waals surface area contributed by atoms with Crippen LogP contribution in [-0.4, -0.2) is 14.1 Å². The van der Waals surface area contributed by atoms with Crippen molar-refractivity contribution in [2.45, 2.75) is 6.32 Å². The van der Waals surface area contributed by atoms with Crippen LogP contribution in [0.4, 0.5) is 0 Å². The fourth-order valence-corrected chi connectivity index (χ4v) is 0. The third-order valence-electron chi connectivity index (χ3n) is 0.167. The van der Waals surface area contributed by atoms with E-state index in [4.69, 9.17) is 0 Å². The molecule has 0 fully saturated rings.